The van der Waals surface area contributed by atoms with Crippen molar-refractivity contribution in [3.8, 4) is 17.1 Å². The summed E-state index contributed by atoms with van der Waals surface area (Å²) in [6, 6.07) is 17.4. The molecule has 11 heteroatoms. The van der Waals surface area contributed by atoms with Crippen molar-refractivity contribution in [3.63, 3.8) is 0 Å². The van der Waals surface area contributed by atoms with Crippen molar-refractivity contribution >= 4 is 39.9 Å². The number of nitrogens with zero attached hydrogens (tertiary/aromatic N) is 3. The van der Waals surface area contributed by atoms with Gasteiger partial charge in [0.25, 0.3) is 0 Å². The molecule has 2 N–H and O–H groups in total. The molecule has 3 aromatic carbocycles. The van der Waals surface area contributed by atoms with Gasteiger partial charge in [0.15, 0.2) is 0 Å². The number of aromatic nitrogens is 3. The molecule has 200 valence electrons. The first kappa shape index (κ1) is 26.3. The first-order chi connectivity index (χ1) is 18.4. The van der Waals surface area contributed by atoms with E-state index in [9.17, 15) is 18.0 Å². The second-order valence-corrected chi connectivity index (χ2v) is 10.4. The lowest BCUT2D eigenvalue weighted by Gasteiger charge is -2.13. The van der Waals surface area contributed by atoms with Crippen LogP contribution in [0.2, 0.25) is 5.02 Å². The van der Waals surface area contributed by atoms with Crippen LogP contribution in [0, 0.1) is 0 Å². The van der Waals surface area contributed by atoms with Gasteiger partial charge >= 0.3 is 12.2 Å². The third kappa shape index (κ3) is 5.61. The average molecular weight is 554 g/mol. The van der Waals surface area contributed by atoms with Crippen LogP contribution < -0.4 is 10.6 Å². The number of carbonyl (C=O) groups is 1. The number of alkyl halides is 3. The highest BCUT2D eigenvalue weighted by atomic mass is 35.5. The number of benzene rings is 3. The van der Waals surface area contributed by atoms with E-state index >= 15 is 0 Å². The molecule has 0 unspecified atom stereocenters. The average Bonchev–Trinajstić information content (AvgIpc) is 3.52. The molecule has 0 spiro atoms. The number of hydrogen-bond donors (Lipinski definition) is 2. The minimum atomic E-state index is -4.63. The van der Waals surface area contributed by atoms with Crippen LogP contribution in [-0.4, -0.2) is 20.7 Å². The zero-order valence-electron chi connectivity index (χ0n) is 21.1. The van der Waals surface area contributed by atoms with E-state index in [1.54, 1.807) is 12.1 Å². The van der Waals surface area contributed by atoms with Crippen molar-refractivity contribution in [3.05, 3.63) is 89.4 Å². The summed E-state index contributed by atoms with van der Waals surface area (Å²) in [6.45, 7) is 6.02. The van der Waals surface area contributed by atoms with Gasteiger partial charge in [-0.25, -0.2) is 4.79 Å². The number of anilines is 2. The summed E-state index contributed by atoms with van der Waals surface area (Å²) < 4.78 is 46.6. The summed E-state index contributed by atoms with van der Waals surface area (Å²) in [6.07, 6.45) is -2.70. The molecule has 0 bridgehead atoms. The van der Waals surface area contributed by atoms with Gasteiger partial charge in [0.05, 0.1) is 16.1 Å². The van der Waals surface area contributed by atoms with Crippen molar-refractivity contribution in [2.75, 3.05) is 10.6 Å². The maximum atomic E-state index is 13.1. The van der Waals surface area contributed by atoms with E-state index in [1.165, 1.54) is 6.07 Å². The molecular formula is C28H23ClF3N5O2. The lowest BCUT2D eigenvalue weighted by Crippen LogP contribution is -2.20. The lowest BCUT2D eigenvalue weighted by atomic mass is 9.97. The lowest BCUT2D eigenvalue weighted by molar-refractivity contribution is -0.137. The molecular weight excluding hydrogens is 531 g/mol. The first-order valence-corrected chi connectivity index (χ1v) is 12.3. The van der Waals surface area contributed by atoms with Gasteiger partial charge < -0.3 is 19.7 Å². The zero-order valence-corrected chi connectivity index (χ0v) is 21.9. The number of nitrogens with one attached hydrogen (secondary N) is 2. The highest BCUT2D eigenvalue weighted by molar-refractivity contribution is 6.31. The molecule has 0 saturated heterocycles. The summed E-state index contributed by atoms with van der Waals surface area (Å²) in [5.74, 6) is 1.09. The minimum absolute atomic E-state index is 0.0329. The van der Waals surface area contributed by atoms with Crippen LogP contribution >= 0.6 is 11.6 Å². The predicted octanol–water partition coefficient (Wildman–Crippen LogP) is 8.29. The Morgan fingerprint density at radius 1 is 0.923 bits per heavy atom. The van der Waals surface area contributed by atoms with Gasteiger partial charge in [0, 0.05) is 39.6 Å². The number of rotatable bonds is 4. The van der Waals surface area contributed by atoms with E-state index in [0.717, 1.165) is 34.3 Å². The molecule has 0 atom stereocenters. The number of carbonyl (C=O) groups excluding carboxylic acids is 1. The van der Waals surface area contributed by atoms with Crippen LogP contribution in [0.25, 0.3) is 28.0 Å². The van der Waals surface area contributed by atoms with Crippen molar-refractivity contribution < 1.29 is 22.5 Å². The quantitative estimate of drug-likeness (QED) is 0.234. The van der Waals surface area contributed by atoms with E-state index < -0.39 is 22.8 Å². The van der Waals surface area contributed by atoms with E-state index in [0.29, 0.717) is 17.4 Å². The SMILES string of the molecule is CC(C)(C)c1nc(-c2ccc3c(ccn3-c3ccc(NC(=O)Nc4ccc(Cl)c(C(F)(F)F)c4)cc3)c2)no1. The fourth-order valence-electron chi connectivity index (χ4n) is 3.97. The van der Waals surface area contributed by atoms with Gasteiger partial charge in [-0.15, -0.1) is 0 Å². The Balaban J connectivity index is 1.29. The smallest absolute Gasteiger partial charge is 0.338 e. The molecule has 0 saturated carbocycles. The molecule has 39 heavy (non-hydrogen) atoms. The molecule has 0 radical (unpaired) electrons. The molecule has 5 rings (SSSR count). The molecule has 2 amide bonds. The van der Waals surface area contributed by atoms with Crippen LogP contribution in [0.5, 0.6) is 0 Å². The van der Waals surface area contributed by atoms with Crippen molar-refractivity contribution in [1.29, 1.82) is 0 Å². The number of halogens is 4. The monoisotopic (exact) mass is 553 g/mol. The van der Waals surface area contributed by atoms with Gasteiger partial charge in [0.1, 0.15) is 0 Å². The van der Waals surface area contributed by atoms with E-state index in [1.807, 2.05) is 67.9 Å². The Morgan fingerprint density at radius 3 is 2.28 bits per heavy atom. The molecule has 0 aliphatic carbocycles. The van der Waals surface area contributed by atoms with Gasteiger partial charge in [0.2, 0.25) is 11.7 Å². The maximum Gasteiger partial charge on any atom is 0.417 e. The Kier molecular flexibility index (Phi) is 6.59. The fraction of sp³-hybridized carbons (Fsp3) is 0.179. The van der Waals surface area contributed by atoms with Crippen molar-refractivity contribution in [2.24, 2.45) is 0 Å². The van der Waals surface area contributed by atoms with Gasteiger partial charge in [-0.2, -0.15) is 18.2 Å². The Morgan fingerprint density at radius 2 is 1.62 bits per heavy atom. The maximum absolute atomic E-state index is 13.1. The number of fused-ring (bicyclic) bond motifs is 1. The van der Waals surface area contributed by atoms with Crippen LogP contribution in [-0.2, 0) is 11.6 Å². The largest absolute Gasteiger partial charge is 0.417 e. The summed E-state index contributed by atoms with van der Waals surface area (Å²) in [4.78, 5) is 16.9. The summed E-state index contributed by atoms with van der Waals surface area (Å²) >= 11 is 5.63. The highest BCUT2D eigenvalue weighted by Gasteiger charge is 2.33. The summed E-state index contributed by atoms with van der Waals surface area (Å²) in [7, 11) is 0. The third-order valence-corrected chi connectivity index (χ3v) is 6.28. The minimum Gasteiger partial charge on any atom is -0.338 e. The molecule has 2 aromatic heterocycles. The zero-order chi connectivity index (χ0) is 27.9. The second kappa shape index (κ2) is 9.77. The predicted molar refractivity (Wildman–Crippen MR) is 144 cm³/mol. The molecule has 2 heterocycles. The standard InChI is InChI=1S/C28H23ClF3N5O2/c1-27(2,3)25-35-24(36-39-25)17-4-11-23-16(14-17)12-13-37(23)20-8-5-18(6-9-20)33-26(38)34-19-7-10-22(29)21(15-19)28(30,31)32/h4-15H,1-3H3,(H2,33,34,38). The second-order valence-electron chi connectivity index (χ2n) is 9.95. The number of hydrogen-bond acceptors (Lipinski definition) is 4. The molecule has 0 fully saturated rings. The van der Waals surface area contributed by atoms with Crippen molar-refractivity contribution in [2.45, 2.75) is 32.4 Å². The van der Waals surface area contributed by atoms with E-state index in [2.05, 4.69) is 20.8 Å². The van der Waals surface area contributed by atoms with Crippen LogP contribution in [0.1, 0.15) is 32.2 Å². The van der Waals surface area contributed by atoms with Crippen LogP contribution in [0.4, 0.5) is 29.3 Å². The highest BCUT2D eigenvalue weighted by Crippen LogP contribution is 2.36. The first-order valence-electron chi connectivity index (χ1n) is 11.9. The van der Waals surface area contributed by atoms with Crippen LogP contribution in [0.3, 0.4) is 0 Å². The van der Waals surface area contributed by atoms with Crippen molar-refractivity contribution in [1.82, 2.24) is 14.7 Å². The van der Waals surface area contributed by atoms with Crippen LogP contribution in [0.15, 0.2) is 77.4 Å². The Bertz CT molecular complexity index is 1670. The summed E-state index contributed by atoms with van der Waals surface area (Å²) in [5.41, 5.74) is 1.82. The molecule has 7 nitrogen and oxygen atoms in total. The molecule has 5 aromatic rings. The summed E-state index contributed by atoms with van der Waals surface area (Å²) in [5, 5.41) is 9.66. The van der Waals surface area contributed by atoms with E-state index in [-0.39, 0.29) is 11.1 Å². The number of urea groups is 1. The van der Waals surface area contributed by atoms with Gasteiger partial charge in [-0.05, 0) is 66.7 Å². The number of amides is 2. The Labute approximate surface area is 226 Å². The topological polar surface area (TPSA) is 85.0 Å². The van der Waals surface area contributed by atoms with E-state index in [4.69, 9.17) is 16.1 Å². The molecule has 0 aliphatic rings. The Hall–Kier alpha value is -4.31. The fourth-order valence-corrected chi connectivity index (χ4v) is 4.20. The third-order valence-electron chi connectivity index (χ3n) is 5.95. The van der Waals surface area contributed by atoms with Gasteiger partial charge in [-0.1, -0.05) is 37.5 Å². The van der Waals surface area contributed by atoms with Gasteiger partial charge in [-0.3, -0.25) is 0 Å². The normalized spacial score (nSPS) is 12.1. The molecule has 0 aliphatic heterocycles.